The standard InChI is InChI=1S/C24H15NO5S/c26-24-22(25-23(30-24)21-6-3-11-31-21)16-13-19(29-17-5-2-1-4-15(16)17)14-7-8-18-20(12-14)28-10-9-27-18/h1-8,11-13H,9-10H2/b22-16-. The molecule has 0 spiro atoms. The SMILES string of the molecule is O=C1OC(c2cccs2)=N/C1=C1/C=C(c2ccc3c(c2)OCCO3)Oc2ccccc21. The summed E-state index contributed by atoms with van der Waals surface area (Å²) in [5.41, 5.74) is 2.51. The van der Waals surface area contributed by atoms with Crippen LogP contribution in [-0.2, 0) is 9.53 Å². The lowest BCUT2D eigenvalue weighted by Gasteiger charge is -2.23. The van der Waals surface area contributed by atoms with Crippen LogP contribution in [0, 0.1) is 0 Å². The zero-order chi connectivity index (χ0) is 20.8. The number of carbonyl (C=O) groups is 1. The number of hydrogen-bond acceptors (Lipinski definition) is 7. The maximum absolute atomic E-state index is 12.7. The second kappa shape index (κ2) is 7.14. The summed E-state index contributed by atoms with van der Waals surface area (Å²) in [6.45, 7) is 1.03. The summed E-state index contributed by atoms with van der Waals surface area (Å²) in [7, 11) is 0. The Labute approximate surface area is 181 Å². The highest BCUT2D eigenvalue weighted by Crippen LogP contribution is 2.41. The quantitative estimate of drug-likeness (QED) is 0.438. The molecule has 7 heteroatoms. The summed E-state index contributed by atoms with van der Waals surface area (Å²) in [6, 6.07) is 17.0. The second-order valence-electron chi connectivity index (χ2n) is 7.01. The molecule has 4 heterocycles. The van der Waals surface area contributed by atoms with Crippen molar-refractivity contribution in [3.05, 3.63) is 87.8 Å². The van der Waals surface area contributed by atoms with Gasteiger partial charge in [0.05, 0.1) is 4.88 Å². The smallest absolute Gasteiger partial charge is 0.364 e. The fourth-order valence-corrected chi connectivity index (χ4v) is 4.30. The van der Waals surface area contributed by atoms with Crippen molar-refractivity contribution in [1.29, 1.82) is 0 Å². The molecule has 3 aliphatic heterocycles. The largest absolute Gasteiger partial charge is 0.486 e. The molecule has 3 aromatic rings. The lowest BCUT2D eigenvalue weighted by atomic mass is 9.97. The molecule has 31 heavy (non-hydrogen) atoms. The zero-order valence-corrected chi connectivity index (χ0v) is 17.0. The molecule has 152 valence electrons. The van der Waals surface area contributed by atoms with Crippen molar-refractivity contribution in [2.45, 2.75) is 0 Å². The van der Waals surface area contributed by atoms with Gasteiger partial charge in [0.1, 0.15) is 24.7 Å². The lowest BCUT2D eigenvalue weighted by Crippen LogP contribution is -2.15. The molecule has 2 aromatic carbocycles. The maximum Gasteiger partial charge on any atom is 0.364 e. The van der Waals surface area contributed by atoms with Crippen molar-refractivity contribution < 1.29 is 23.7 Å². The number of allylic oxidation sites excluding steroid dienone is 2. The van der Waals surface area contributed by atoms with E-state index in [1.54, 1.807) is 0 Å². The molecule has 0 saturated carbocycles. The Balaban J connectivity index is 1.50. The van der Waals surface area contributed by atoms with Gasteiger partial charge in [-0.1, -0.05) is 24.3 Å². The minimum Gasteiger partial charge on any atom is -0.486 e. The van der Waals surface area contributed by atoms with Crippen molar-refractivity contribution in [1.82, 2.24) is 0 Å². The average Bonchev–Trinajstić information content (AvgIpc) is 3.48. The Bertz CT molecular complexity index is 1300. The number of hydrogen-bond donors (Lipinski definition) is 0. The van der Waals surface area contributed by atoms with E-state index in [0.29, 0.717) is 47.7 Å². The Morgan fingerprint density at radius 1 is 0.871 bits per heavy atom. The number of nitrogens with zero attached hydrogens (tertiary/aromatic N) is 1. The van der Waals surface area contributed by atoms with Crippen LogP contribution in [0.3, 0.4) is 0 Å². The normalized spacial score (nSPS) is 19.2. The number of aliphatic imine (C=N–C) groups is 1. The predicted octanol–water partition coefficient (Wildman–Crippen LogP) is 4.67. The molecule has 0 N–H and O–H groups in total. The summed E-state index contributed by atoms with van der Waals surface area (Å²) in [5, 5.41) is 1.92. The molecule has 1 aromatic heterocycles. The Morgan fingerprint density at radius 3 is 2.61 bits per heavy atom. The minimum atomic E-state index is -0.479. The molecule has 6 rings (SSSR count). The van der Waals surface area contributed by atoms with Crippen LogP contribution in [0.5, 0.6) is 17.2 Å². The fourth-order valence-electron chi connectivity index (χ4n) is 3.65. The van der Waals surface area contributed by atoms with Gasteiger partial charge in [-0.25, -0.2) is 9.79 Å². The van der Waals surface area contributed by atoms with Crippen LogP contribution in [0.15, 0.2) is 76.7 Å². The number of cyclic esters (lactones) is 1. The van der Waals surface area contributed by atoms with E-state index in [0.717, 1.165) is 16.0 Å². The number of thiophene rings is 1. The third-order valence-electron chi connectivity index (χ3n) is 5.08. The van der Waals surface area contributed by atoms with E-state index >= 15 is 0 Å². The van der Waals surface area contributed by atoms with Crippen LogP contribution < -0.4 is 14.2 Å². The monoisotopic (exact) mass is 429 g/mol. The first-order chi connectivity index (χ1) is 15.3. The Kier molecular flexibility index (Phi) is 4.14. The average molecular weight is 429 g/mol. The van der Waals surface area contributed by atoms with Crippen molar-refractivity contribution in [3.63, 3.8) is 0 Å². The molecule has 0 atom stereocenters. The molecule has 0 fully saturated rings. The minimum absolute atomic E-state index is 0.259. The van der Waals surface area contributed by atoms with Gasteiger partial charge in [0, 0.05) is 16.7 Å². The molecule has 0 amide bonds. The first-order valence-electron chi connectivity index (χ1n) is 9.74. The van der Waals surface area contributed by atoms with Crippen molar-refractivity contribution >= 4 is 34.5 Å². The number of benzene rings is 2. The zero-order valence-electron chi connectivity index (χ0n) is 16.2. The van der Waals surface area contributed by atoms with Crippen molar-refractivity contribution in [2.75, 3.05) is 13.2 Å². The highest BCUT2D eigenvalue weighted by molar-refractivity contribution is 7.12. The summed E-state index contributed by atoms with van der Waals surface area (Å²) in [4.78, 5) is 18.1. The van der Waals surface area contributed by atoms with Gasteiger partial charge in [0.15, 0.2) is 17.2 Å². The highest BCUT2D eigenvalue weighted by atomic mass is 32.1. The van der Waals surface area contributed by atoms with Gasteiger partial charge >= 0.3 is 5.97 Å². The predicted molar refractivity (Wildman–Crippen MR) is 116 cm³/mol. The topological polar surface area (TPSA) is 66.4 Å². The van der Waals surface area contributed by atoms with Gasteiger partial charge in [-0.2, -0.15) is 0 Å². The molecule has 0 aliphatic carbocycles. The number of fused-ring (bicyclic) bond motifs is 2. The number of rotatable bonds is 2. The number of carbonyl (C=O) groups excluding carboxylic acids is 1. The first kappa shape index (κ1) is 18.0. The lowest BCUT2D eigenvalue weighted by molar-refractivity contribution is -0.129. The van der Waals surface area contributed by atoms with Crippen LogP contribution in [0.4, 0.5) is 0 Å². The number of esters is 1. The first-order valence-corrected chi connectivity index (χ1v) is 10.6. The van der Waals surface area contributed by atoms with E-state index in [9.17, 15) is 4.79 Å². The molecule has 0 saturated heterocycles. The van der Waals surface area contributed by atoms with E-state index in [1.165, 1.54) is 11.3 Å². The summed E-state index contributed by atoms with van der Waals surface area (Å²) in [6.07, 6.45) is 1.82. The van der Waals surface area contributed by atoms with E-state index in [1.807, 2.05) is 66.1 Å². The van der Waals surface area contributed by atoms with E-state index < -0.39 is 5.97 Å². The molecule has 0 bridgehead atoms. The number of para-hydroxylation sites is 1. The molecule has 6 nitrogen and oxygen atoms in total. The van der Waals surface area contributed by atoms with Gasteiger partial charge in [-0.15, -0.1) is 11.3 Å². The molecular formula is C24H15NO5S. The van der Waals surface area contributed by atoms with Crippen LogP contribution in [-0.4, -0.2) is 25.1 Å². The third-order valence-corrected chi connectivity index (χ3v) is 5.94. The third kappa shape index (κ3) is 3.10. The van der Waals surface area contributed by atoms with Crippen LogP contribution in [0.2, 0.25) is 0 Å². The van der Waals surface area contributed by atoms with Gasteiger partial charge in [0.2, 0.25) is 5.90 Å². The summed E-state index contributed by atoms with van der Waals surface area (Å²) in [5.74, 6) is 2.44. The van der Waals surface area contributed by atoms with E-state index in [4.69, 9.17) is 18.9 Å². The van der Waals surface area contributed by atoms with Crippen molar-refractivity contribution in [2.24, 2.45) is 4.99 Å². The van der Waals surface area contributed by atoms with Crippen LogP contribution >= 0.6 is 11.3 Å². The Morgan fingerprint density at radius 2 is 1.74 bits per heavy atom. The van der Waals surface area contributed by atoms with E-state index in [2.05, 4.69) is 4.99 Å². The Hall–Kier alpha value is -3.84. The van der Waals surface area contributed by atoms with Gasteiger partial charge in [-0.3, -0.25) is 0 Å². The number of ether oxygens (including phenoxy) is 4. The fraction of sp³-hybridized carbons (Fsp3) is 0.0833. The molecule has 0 radical (unpaired) electrons. The van der Waals surface area contributed by atoms with Gasteiger partial charge in [-0.05, 0) is 41.8 Å². The van der Waals surface area contributed by atoms with Crippen LogP contribution in [0.1, 0.15) is 16.0 Å². The molecule has 0 unspecified atom stereocenters. The second-order valence-corrected chi connectivity index (χ2v) is 7.96. The summed E-state index contributed by atoms with van der Waals surface area (Å²) < 4.78 is 22.9. The maximum atomic E-state index is 12.7. The summed E-state index contributed by atoms with van der Waals surface area (Å²) >= 11 is 1.47. The highest BCUT2D eigenvalue weighted by Gasteiger charge is 2.31. The molecule has 3 aliphatic rings. The van der Waals surface area contributed by atoms with Gasteiger partial charge in [0.25, 0.3) is 0 Å². The van der Waals surface area contributed by atoms with E-state index in [-0.39, 0.29) is 5.70 Å². The molecular weight excluding hydrogens is 414 g/mol. The van der Waals surface area contributed by atoms with Crippen LogP contribution in [0.25, 0.3) is 11.3 Å². The van der Waals surface area contributed by atoms with Crippen molar-refractivity contribution in [3.8, 4) is 17.2 Å². The van der Waals surface area contributed by atoms with Gasteiger partial charge < -0.3 is 18.9 Å².